The number of hydrogen-bond acceptors (Lipinski definition) is 3. The maximum atomic E-state index is 11.8. The molecule has 1 saturated heterocycles. The number of esters is 1. The van der Waals surface area contributed by atoms with Gasteiger partial charge in [0.05, 0.1) is 5.92 Å². The number of carbonyl (C=O) groups is 2. The van der Waals surface area contributed by atoms with Crippen molar-refractivity contribution in [3.8, 4) is 0 Å². The monoisotopic (exact) mass is 246 g/mol. The van der Waals surface area contributed by atoms with Crippen LogP contribution in [-0.4, -0.2) is 17.9 Å². The predicted octanol–water partition coefficient (Wildman–Crippen LogP) is 2.28. The molecule has 1 heterocycles. The van der Waals surface area contributed by atoms with E-state index in [1.54, 1.807) is 6.08 Å². The van der Waals surface area contributed by atoms with E-state index in [1.165, 1.54) is 0 Å². The summed E-state index contributed by atoms with van der Waals surface area (Å²) in [6.45, 7) is 8.01. The second kappa shape index (κ2) is 3.56. The Kier molecular flexibility index (Phi) is 2.31. The van der Waals surface area contributed by atoms with Crippen LogP contribution in [0.2, 0.25) is 0 Å². The highest BCUT2D eigenvalue weighted by Gasteiger charge is 2.56. The van der Waals surface area contributed by atoms with Crippen LogP contribution < -0.4 is 0 Å². The zero-order chi connectivity index (χ0) is 13.1. The summed E-state index contributed by atoms with van der Waals surface area (Å²) < 4.78 is 5.55. The van der Waals surface area contributed by atoms with Gasteiger partial charge in [-0.15, -0.1) is 0 Å². The van der Waals surface area contributed by atoms with Crippen molar-refractivity contribution in [2.75, 3.05) is 0 Å². The van der Waals surface area contributed by atoms with Crippen molar-refractivity contribution in [2.24, 2.45) is 23.2 Å². The van der Waals surface area contributed by atoms with E-state index in [0.29, 0.717) is 5.57 Å². The fourth-order valence-corrected chi connectivity index (χ4v) is 3.84. The highest BCUT2D eigenvalue weighted by molar-refractivity contribution is 6.05. The van der Waals surface area contributed by atoms with Crippen LogP contribution in [0.15, 0.2) is 24.3 Å². The summed E-state index contributed by atoms with van der Waals surface area (Å²) in [5.74, 6) is 0.0143. The van der Waals surface area contributed by atoms with Crippen LogP contribution in [-0.2, 0) is 14.3 Å². The van der Waals surface area contributed by atoms with Crippen molar-refractivity contribution in [1.29, 1.82) is 0 Å². The molecule has 0 bridgehead atoms. The second-order valence-electron chi connectivity index (χ2n) is 6.10. The van der Waals surface area contributed by atoms with Gasteiger partial charge in [0.15, 0.2) is 5.78 Å². The molecule has 0 amide bonds. The van der Waals surface area contributed by atoms with Crippen LogP contribution in [0.4, 0.5) is 0 Å². The van der Waals surface area contributed by atoms with E-state index < -0.39 is 0 Å². The Morgan fingerprint density at radius 1 is 1.44 bits per heavy atom. The lowest BCUT2D eigenvalue weighted by Crippen LogP contribution is -2.47. The summed E-state index contributed by atoms with van der Waals surface area (Å²) in [5.41, 5.74) is 0.521. The molecule has 2 aliphatic carbocycles. The minimum Gasteiger partial charge on any atom is -0.461 e. The lowest BCUT2D eigenvalue weighted by molar-refractivity contribution is -0.147. The molecule has 0 aromatic rings. The SMILES string of the molecule is C=C1C(=O)C=C[C@]2(C)CC[C@@H]3[C@@H](OC(=O)[C@H]3C)[C@@H]12. The maximum absolute atomic E-state index is 11.8. The Bertz CT molecular complexity index is 476. The smallest absolute Gasteiger partial charge is 0.309 e. The molecule has 5 atom stereocenters. The molecule has 0 aromatic heterocycles. The van der Waals surface area contributed by atoms with E-state index in [2.05, 4.69) is 13.5 Å². The largest absolute Gasteiger partial charge is 0.461 e. The standard InChI is InChI=1S/C15H18O3/c1-8-10-4-6-15(3)7-5-11(16)9(2)12(15)13(10)18-14(8)17/h5,7-8,10,12-13H,2,4,6H2,1,3H3/t8-,10-,12+,13+,15-/m0/s1. The molecule has 2 fully saturated rings. The highest BCUT2D eigenvalue weighted by Crippen LogP contribution is 2.54. The van der Waals surface area contributed by atoms with Crippen molar-refractivity contribution in [2.45, 2.75) is 32.8 Å². The molecule has 96 valence electrons. The Morgan fingerprint density at radius 2 is 2.17 bits per heavy atom. The van der Waals surface area contributed by atoms with Crippen LogP contribution in [0.5, 0.6) is 0 Å². The molecule has 0 N–H and O–H groups in total. The van der Waals surface area contributed by atoms with Crippen LogP contribution >= 0.6 is 0 Å². The van der Waals surface area contributed by atoms with Crippen LogP contribution in [0.25, 0.3) is 0 Å². The summed E-state index contributed by atoms with van der Waals surface area (Å²) in [5, 5.41) is 0. The second-order valence-corrected chi connectivity index (χ2v) is 6.10. The van der Waals surface area contributed by atoms with E-state index in [4.69, 9.17) is 4.74 Å². The summed E-state index contributed by atoms with van der Waals surface area (Å²) >= 11 is 0. The molecule has 1 saturated carbocycles. The molecular formula is C15H18O3. The van der Waals surface area contributed by atoms with Gasteiger partial charge in [-0.05, 0) is 29.9 Å². The van der Waals surface area contributed by atoms with Gasteiger partial charge in [-0.1, -0.05) is 26.5 Å². The lowest BCUT2D eigenvalue weighted by Gasteiger charge is -2.47. The molecule has 0 radical (unpaired) electrons. The third kappa shape index (κ3) is 1.36. The summed E-state index contributed by atoms with van der Waals surface area (Å²) in [4.78, 5) is 23.6. The third-order valence-corrected chi connectivity index (χ3v) is 5.05. The van der Waals surface area contributed by atoms with Crippen molar-refractivity contribution in [1.82, 2.24) is 0 Å². The average Bonchev–Trinajstić information content (AvgIpc) is 2.60. The normalized spacial score (nSPS) is 46.7. The lowest BCUT2D eigenvalue weighted by atomic mass is 9.57. The van der Waals surface area contributed by atoms with Crippen molar-refractivity contribution in [3.05, 3.63) is 24.3 Å². The summed E-state index contributed by atoms with van der Waals surface area (Å²) in [6, 6.07) is 0. The third-order valence-electron chi connectivity index (χ3n) is 5.05. The fourth-order valence-electron chi connectivity index (χ4n) is 3.84. The topological polar surface area (TPSA) is 43.4 Å². The fraction of sp³-hybridized carbons (Fsp3) is 0.600. The minimum absolute atomic E-state index is 0.0197. The average molecular weight is 246 g/mol. The summed E-state index contributed by atoms with van der Waals surface area (Å²) in [7, 11) is 0. The molecule has 1 aliphatic heterocycles. The Hall–Kier alpha value is -1.38. The first-order valence-electron chi connectivity index (χ1n) is 6.57. The highest BCUT2D eigenvalue weighted by atomic mass is 16.6. The number of rotatable bonds is 0. The molecule has 18 heavy (non-hydrogen) atoms. The van der Waals surface area contributed by atoms with E-state index >= 15 is 0 Å². The number of allylic oxidation sites excluding steroid dienone is 2. The number of carbonyl (C=O) groups excluding carboxylic acids is 2. The van der Waals surface area contributed by atoms with Crippen molar-refractivity contribution >= 4 is 11.8 Å². The van der Waals surface area contributed by atoms with Gasteiger partial charge in [-0.3, -0.25) is 9.59 Å². The van der Waals surface area contributed by atoms with Gasteiger partial charge >= 0.3 is 5.97 Å². The van der Waals surface area contributed by atoms with Crippen LogP contribution in [0.1, 0.15) is 26.7 Å². The Morgan fingerprint density at radius 3 is 2.89 bits per heavy atom. The molecule has 3 rings (SSSR count). The first-order chi connectivity index (χ1) is 8.44. The molecule has 3 heteroatoms. The van der Waals surface area contributed by atoms with Gasteiger partial charge in [-0.25, -0.2) is 0 Å². The molecule has 0 unspecified atom stereocenters. The first kappa shape index (κ1) is 11.7. The molecule has 3 nitrogen and oxygen atoms in total. The molecule has 3 aliphatic rings. The quantitative estimate of drug-likeness (QED) is 0.486. The van der Waals surface area contributed by atoms with Gasteiger partial charge in [0, 0.05) is 11.8 Å². The Balaban J connectivity index is 2.03. The molecule has 0 aromatic carbocycles. The van der Waals surface area contributed by atoms with E-state index in [9.17, 15) is 9.59 Å². The van der Waals surface area contributed by atoms with E-state index in [-0.39, 0.29) is 41.0 Å². The maximum Gasteiger partial charge on any atom is 0.309 e. The first-order valence-corrected chi connectivity index (χ1v) is 6.57. The predicted molar refractivity (Wildman–Crippen MR) is 66.7 cm³/mol. The van der Waals surface area contributed by atoms with Crippen LogP contribution in [0.3, 0.4) is 0 Å². The van der Waals surface area contributed by atoms with Crippen molar-refractivity contribution < 1.29 is 14.3 Å². The van der Waals surface area contributed by atoms with Gasteiger partial charge in [0.25, 0.3) is 0 Å². The number of fused-ring (bicyclic) bond motifs is 3. The molecular weight excluding hydrogens is 228 g/mol. The number of ether oxygens (including phenoxy) is 1. The zero-order valence-electron chi connectivity index (χ0n) is 10.8. The number of ketones is 1. The summed E-state index contributed by atoms with van der Waals surface area (Å²) in [6.07, 6.45) is 5.42. The minimum atomic E-state index is -0.160. The van der Waals surface area contributed by atoms with Gasteiger partial charge in [0.1, 0.15) is 6.10 Å². The van der Waals surface area contributed by atoms with Crippen LogP contribution in [0, 0.1) is 23.2 Å². The van der Waals surface area contributed by atoms with Gasteiger partial charge in [0.2, 0.25) is 0 Å². The molecule has 0 spiro atoms. The van der Waals surface area contributed by atoms with Gasteiger partial charge < -0.3 is 4.74 Å². The number of hydrogen-bond donors (Lipinski definition) is 0. The van der Waals surface area contributed by atoms with Gasteiger partial charge in [-0.2, -0.15) is 0 Å². The Labute approximate surface area is 107 Å². The van der Waals surface area contributed by atoms with Crippen molar-refractivity contribution in [3.63, 3.8) is 0 Å². The van der Waals surface area contributed by atoms with E-state index in [1.807, 2.05) is 13.0 Å². The zero-order valence-corrected chi connectivity index (χ0v) is 10.8. The van der Waals surface area contributed by atoms with E-state index in [0.717, 1.165) is 12.8 Å².